The van der Waals surface area contributed by atoms with Gasteiger partial charge in [0, 0.05) is 0 Å². The average molecular weight is 255 g/mol. The predicted octanol–water partition coefficient (Wildman–Crippen LogP) is 2.53. The summed E-state index contributed by atoms with van der Waals surface area (Å²) in [7, 11) is 0. The third-order valence-electron chi connectivity index (χ3n) is 2.98. The molecule has 0 aliphatic carbocycles. The minimum absolute atomic E-state index is 0.193. The molecule has 3 heteroatoms. The molecule has 2 unspecified atom stereocenters. The lowest BCUT2D eigenvalue weighted by Crippen LogP contribution is -2.36. The van der Waals surface area contributed by atoms with Gasteiger partial charge in [0.2, 0.25) is 0 Å². The Kier molecular flexibility index (Phi) is 11.0. The first-order chi connectivity index (χ1) is 8.61. The van der Waals surface area contributed by atoms with E-state index >= 15 is 0 Å². The number of unbranched alkanes of at least 4 members (excludes halogenated alkanes) is 3. The number of nitrogens with two attached hydrogens (primary N) is 1. The molecule has 4 N–H and O–H groups in total. The molecule has 18 heavy (non-hydrogen) atoms. The van der Waals surface area contributed by atoms with E-state index in [-0.39, 0.29) is 6.61 Å². The molecule has 0 aliphatic rings. The molecule has 0 radical (unpaired) electrons. The highest BCUT2D eigenvalue weighted by Crippen LogP contribution is 2.09. The lowest BCUT2D eigenvalue weighted by atomic mass is 10.1. The molecule has 2 atom stereocenters. The summed E-state index contributed by atoms with van der Waals surface area (Å²) in [5.74, 6) is 0. The molecule has 0 fully saturated rings. The fourth-order valence-electron chi connectivity index (χ4n) is 1.67. The molecule has 0 aliphatic heterocycles. The summed E-state index contributed by atoms with van der Waals surface area (Å²) in [6.45, 7) is 4.20. The van der Waals surface area contributed by atoms with Gasteiger partial charge in [-0.05, 0) is 32.6 Å². The molecular formula is C15H29NO2. The van der Waals surface area contributed by atoms with Gasteiger partial charge in [-0.1, -0.05) is 43.6 Å². The Bertz CT molecular complexity index is 249. The van der Waals surface area contributed by atoms with Crippen molar-refractivity contribution in [2.75, 3.05) is 6.61 Å². The standard InChI is InChI=1S/C15H29NO2/c1-3-4-6-9-13(2)10-7-5-8-11-15(18)14(16)12-17/h8,10-11,14-15,17-18H,3-7,9,12,16H2,1-2H3/b11-8+,13-10+. The van der Waals surface area contributed by atoms with Crippen molar-refractivity contribution in [3.8, 4) is 0 Å². The summed E-state index contributed by atoms with van der Waals surface area (Å²) in [5.41, 5.74) is 6.93. The minimum atomic E-state index is -0.746. The SMILES string of the molecule is CCCCC/C(C)=C/CC/C=C/C(O)C(N)CO. The van der Waals surface area contributed by atoms with Crippen LogP contribution >= 0.6 is 0 Å². The van der Waals surface area contributed by atoms with Crippen molar-refractivity contribution >= 4 is 0 Å². The van der Waals surface area contributed by atoms with Crippen LogP contribution in [0, 0.1) is 0 Å². The maximum absolute atomic E-state index is 9.48. The van der Waals surface area contributed by atoms with Crippen LogP contribution in [0.1, 0.15) is 52.4 Å². The fourth-order valence-corrected chi connectivity index (χ4v) is 1.67. The van der Waals surface area contributed by atoms with Crippen molar-refractivity contribution in [1.29, 1.82) is 0 Å². The second-order valence-corrected chi connectivity index (χ2v) is 4.85. The number of aliphatic hydroxyl groups is 2. The first-order valence-corrected chi connectivity index (χ1v) is 6.98. The van der Waals surface area contributed by atoms with Gasteiger partial charge in [-0.15, -0.1) is 0 Å². The van der Waals surface area contributed by atoms with Crippen LogP contribution in [0.4, 0.5) is 0 Å². The molecule has 0 saturated heterocycles. The Morgan fingerprint density at radius 1 is 1.28 bits per heavy atom. The van der Waals surface area contributed by atoms with Crippen LogP contribution in [-0.4, -0.2) is 29.0 Å². The maximum atomic E-state index is 9.48. The van der Waals surface area contributed by atoms with E-state index in [1.807, 2.05) is 6.08 Å². The Balaban J connectivity index is 3.70. The van der Waals surface area contributed by atoms with Crippen molar-refractivity contribution in [3.63, 3.8) is 0 Å². The first-order valence-electron chi connectivity index (χ1n) is 6.98. The highest BCUT2D eigenvalue weighted by molar-refractivity contribution is 5.00. The van der Waals surface area contributed by atoms with E-state index in [0.717, 1.165) is 12.8 Å². The Hall–Kier alpha value is -0.640. The molecule has 106 valence electrons. The van der Waals surface area contributed by atoms with Gasteiger partial charge in [0.15, 0.2) is 0 Å². The Morgan fingerprint density at radius 3 is 2.61 bits per heavy atom. The number of aliphatic hydroxyl groups excluding tert-OH is 2. The van der Waals surface area contributed by atoms with Crippen molar-refractivity contribution < 1.29 is 10.2 Å². The van der Waals surface area contributed by atoms with E-state index in [9.17, 15) is 5.11 Å². The second-order valence-electron chi connectivity index (χ2n) is 4.85. The van der Waals surface area contributed by atoms with Crippen LogP contribution in [-0.2, 0) is 0 Å². The molecule has 0 saturated carbocycles. The van der Waals surface area contributed by atoms with Gasteiger partial charge in [0.05, 0.1) is 18.8 Å². The van der Waals surface area contributed by atoms with Crippen molar-refractivity contribution in [2.45, 2.75) is 64.5 Å². The smallest absolute Gasteiger partial charge is 0.0894 e. The van der Waals surface area contributed by atoms with E-state index in [1.54, 1.807) is 6.08 Å². The van der Waals surface area contributed by atoms with Crippen LogP contribution < -0.4 is 5.73 Å². The monoisotopic (exact) mass is 255 g/mol. The number of rotatable bonds is 10. The molecule has 0 aromatic rings. The van der Waals surface area contributed by atoms with E-state index < -0.39 is 12.1 Å². The lowest BCUT2D eigenvalue weighted by Gasteiger charge is -2.11. The van der Waals surface area contributed by atoms with Gasteiger partial charge in [-0.25, -0.2) is 0 Å². The van der Waals surface area contributed by atoms with Crippen molar-refractivity contribution in [1.82, 2.24) is 0 Å². The van der Waals surface area contributed by atoms with Gasteiger partial charge < -0.3 is 15.9 Å². The zero-order valence-electron chi connectivity index (χ0n) is 11.8. The van der Waals surface area contributed by atoms with Crippen LogP contribution in [0.2, 0.25) is 0 Å². The predicted molar refractivity (Wildman–Crippen MR) is 77.3 cm³/mol. The second kappa shape index (κ2) is 11.5. The van der Waals surface area contributed by atoms with E-state index in [0.29, 0.717) is 0 Å². The van der Waals surface area contributed by atoms with Gasteiger partial charge in [0.1, 0.15) is 0 Å². The van der Waals surface area contributed by atoms with Crippen LogP contribution in [0.5, 0.6) is 0 Å². The van der Waals surface area contributed by atoms with Gasteiger partial charge >= 0.3 is 0 Å². The number of hydrogen-bond acceptors (Lipinski definition) is 3. The quantitative estimate of drug-likeness (QED) is 0.415. The molecular weight excluding hydrogens is 226 g/mol. The molecule has 3 nitrogen and oxygen atoms in total. The summed E-state index contributed by atoms with van der Waals surface area (Å²) >= 11 is 0. The Labute approximate surface area is 111 Å². The lowest BCUT2D eigenvalue weighted by molar-refractivity contribution is 0.144. The van der Waals surface area contributed by atoms with Gasteiger partial charge in [-0.3, -0.25) is 0 Å². The van der Waals surface area contributed by atoms with Gasteiger partial charge in [-0.2, -0.15) is 0 Å². The summed E-state index contributed by atoms with van der Waals surface area (Å²) in [5, 5.41) is 18.2. The minimum Gasteiger partial charge on any atom is -0.395 e. The molecule has 0 rings (SSSR count). The summed E-state index contributed by atoms with van der Waals surface area (Å²) < 4.78 is 0. The largest absolute Gasteiger partial charge is 0.395 e. The van der Waals surface area contributed by atoms with E-state index in [4.69, 9.17) is 10.8 Å². The van der Waals surface area contributed by atoms with E-state index in [1.165, 1.54) is 31.3 Å². The van der Waals surface area contributed by atoms with E-state index in [2.05, 4.69) is 19.9 Å². The first kappa shape index (κ1) is 17.4. The number of hydrogen-bond donors (Lipinski definition) is 3. The third-order valence-corrected chi connectivity index (χ3v) is 2.98. The molecule has 0 bridgehead atoms. The summed E-state index contributed by atoms with van der Waals surface area (Å²) in [6, 6.07) is -0.576. The molecule has 0 aromatic heterocycles. The number of allylic oxidation sites excluding steroid dienone is 3. The third kappa shape index (κ3) is 9.40. The summed E-state index contributed by atoms with van der Waals surface area (Å²) in [4.78, 5) is 0. The summed E-state index contributed by atoms with van der Waals surface area (Å²) in [6.07, 6.45) is 12.0. The normalized spacial score (nSPS) is 16.2. The zero-order valence-corrected chi connectivity index (χ0v) is 11.8. The Morgan fingerprint density at radius 2 is 2.00 bits per heavy atom. The molecule has 0 heterocycles. The molecule has 0 spiro atoms. The van der Waals surface area contributed by atoms with Crippen molar-refractivity contribution in [3.05, 3.63) is 23.8 Å². The van der Waals surface area contributed by atoms with Crippen LogP contribution in [0.25, 0.3) is 0 Å². The fraction of sp³-hybridized carbons (Fsp3) is 0.733. The van der Waals surface area contributed by atoms with Crippen molar-refractivity contribution in [2.24, 2.45) is 5.73 Å². The zero-order chi connectivity index (χ0) is 13.8. The highest BCUT2D eigenvalue weighted by Gasteiger charge is 2.08. The van der Waals surface area contributed by atoms with Crippen LogP contribution in [0.15, 0.2) is 23.8 Å². The molecule has 0 aromatic carbocycles. The topological polar surface area (TPSA) is 66.5 Å². The molecule has 0 amide bonds. The maximum Gasteiger partial charge on any atom is 0.0894 e. The highest BCUT2D eigenvalue weighted by atomic mass is 16.3. The average Bonchev–Trinajstić information content (AvgIpc) is 2.37. The van der Waals surface area contributed by atoms with Gasteiger partial charge in [0.25, 0.3) is 0 Å². The van der Waals surface area contributed by atoms with Crippen LogP contribution in [0.3, 0.4) is 0 Å².